The number of nitrogens with one attached hydrogen (secondary N) is 2. The first-order valence-electron chi connectivity index (χ1n) is 13.2. The van der Waals surface area contributed by atoms with Crippen molar-refractivity contribution in [2.75, 3.05) is 18.9 Å². The van der Waals surface area contributed by atoms with Crippen molar-refractivity contribution >= 4 is 29.3 Å². The van der Waals surface area contributed by atoms with Gasteiger partial charge in [0.05, 0.1) is 24.5 Å². The van der Waals surface area contributed by atoms with E-state index in [0.717, 1.165) is 30.6 Å². The number of anilines is 1. The third-order valence-corrected chi connectivity index (χ3v) is 7.99. The average molecular weight is 563 g/mol. The molecule has 3 heterocycles. The van der Waals surface area contributed by atoms with Crippen LogP contribution in [0.4, 0.5) is 18.9 Å². The number of likely N-dealkylation sites (tertiary alicyclic amines) is 1. The predicted octanol–water partition coefficient (Wildman–Crippen LogP) is 1.75. The van der Waals surface area contributed by atoms with Crippen LogP contribution >= 0.6 is 0 Å². The van der Waals surface area contributed by atoms with Gasteiger partial charge in [-0.15, -0.1) is 0 Å². The van der Waals surface area contributed by atoms with Crippen LogP contribution in [-0.4, -0.2) is 81.9 Å². The third kappa shape index (κ3) is 5.55. The van der Waals surface area contributed by atoms with Gasteiger partial charge >= 0.3 is 12.1 Å². The van der Waals surface area contributed by atoms with Gasteiger partial charge < -0.3 is 25.2 Å². The quantitative estimate of drug-likeness (QED) is 0.491. The number of likely N-dealkylation sites (N-methyl/N-ethyl adjacent to an activating group) is 1. The Kier molecular flexibility index (Phi) is 7.09. The standard InChI is InChI=1S/C26H29F3N6O5/c1-34(21(36)18(8-14-2-3-14)33-24(39)26(27,28)29)19(9-15-4-5-15)22(37)35-13-25(10-16(35)11-30)23(38)32-17-6-7-31-12-20(17)40-25/h6-7,12,14-16,18-19H,2-5,8-10,13H2,1H3,(H,32,38)(H,33,39)/t16-,18-,19-,25+/m0/s1. The number of rotatable bonds is 8. The topological polar surface area (TPSA) is 145 Å². The Morgan fingerprint density at radius 3 is 2.58 bits per heavy atom. The van der Waals surface area contributed by atoms with Gasteiger partial charge in [0.2, 0.25) is 17.4 Å². The molecule has 0 bridgehead atoms. The molecule has 2 aliphatic carbocycles. The zero-order valence-electron chi connectivity index (χ0n) is 21.7. The number of pyridine rings is 1. The van der Waals surface area contributed by atoms with Gasteiger partial charge in [0.25, 0.3) is 5.91 Å². The summed E-state index contributed by atoms with van der Waals surface area (Å²) >= 11 is 0. The first-order chi connectivity index (χ1) is 18.9. The zero-order valence-corrected chi connectivity index (χ0v) is 21.7. The van der Waals surface area contributed by atoms with Crippen molar-refractivity contribution in [1.82, 2.24) is 20.1 Å². The fraction of sp³-hybridized carbons (Fsp3) is 0.615. The molecule has 0 radical (unpaired) electrons. The Bertz CT molecular complexity index is 1260. The maximum Gasteiger partial charge on any atom is 0.471 e. The predicted molar refractivity (Wildman–Crippen MR) is 131 cm³/mol. The van der Waals surface area contributed by atoms with E-state index in [4.69, 9.17) is 4.74 Å². The number of carbonyl (C=O) groups is 4. The summed E-state index contributed by atoms with van der Waals surface area (Å²) in [5, 5.41) is 14.4. The van der Waals surface area contributed by atoms with E-state index in [1.54, 1.807) is 6.07 Å². The Morgan fingerprint density at radius 2 is 1.95 bits per heavy atom. The molecule has 14 heteroatoms. The lowest BCUT2D eigenvalue weighted by molar-refractivity contribution is -0.175. The number of halogens is 3. The highest BCUT2D eigenvalue weighted by Crippen LogP contribution is 2.41. The minimum absolute atomic E-state index is 0.00852. The van der Waals surface area contributed by atoms with Gasteiger partial charge in [-0.3, -0.25) is 24.2 Å². The highest BCUT2D eigenvalue weighted by Gasteiger charge is 2.56. The van der Waals surface area contributed by atoms with Crippen LogP contribution in [0, 0.1) is 23.2 Å². The van der Waals surface area contributed by atoms with Crippen LogP contribution < -0.4 is 15.4 Å². The zero-order chi connectivity index (χ0) is 28.8. The van der Waals surface area contributed by atoms with Crippen molar-refractivity contribution in [1.29, 1.82) is 5.26 Å². The molecule has 0 unspecified atom stereocenters. The highest BCUT2D eigenvalue weighted by molar-refractivity contribution is 6.02. The van der Waals surface area contributed by atoms with Crippen LogP contribution in [0.5, 0.6) is 5.75 Å². The lowest BCUT2D eigenvalue weighted by Gasteiger charge is -2.36. The summed E-state index contributed by atoms with van der Waals surface area (Å²) in [6.07, 6.45) is 1.01. The molecular weight excluding hydrogens is 533 g/mol. The molecule has 1 saturated heterocycles. The average Bonchev–Trinajstić information content (AvgIpc) is 3.85. The second-order valence-corrected chi connectivity index (χ2v) is 11.1. The molecule has 4 aliphatic rings. The van der Waals surface area contributed by atoms with E-state index in [-0.39, 0.29) is 37.6 Å². The van der Waals surface area contributed by atoms with Gasteiger partial charge in [0.15, 0.2) is 5.75 Å². The Hall–Kier alpha value is -3.89. The summed E-state index contributed by atoms with van der Waals surface area (Å²) in [5.74, 6) is -3.73. The summed E-state index contributed by atoms with van der Waals surface area (Å²) in [6.45, 7) is -0.260. The number of fused-ring (bicyclic) bond motifs is 1. The van der Waals surface area contributed by atoms with Crippen molar-refractivity contribution in [3.63, 3.8) is 0 Å². The van der Waals surface area contributed by atoms with Crippen molar-refractivity contribution < 1.29 is 37.1 Å². The van der Waals surface area contributed by atoms with E-state index in [0.29, 0.717) is 11.4 Å². The number of alkyl halides is 3. The van der Waals surface area contributed by atoms with E-state index in [9.17, 15) is 37.6 Å². The molecule has 1 spiro atoms. The van der Waals surface area contributed by atoms with E-state index < -0.39 is 53.5 Å². The largest absolute Gasteiger partial charge is 0.472 e. The minimum Gasteiger partial charge on any atom is -0.472 e. The number of nitriles is 1. The summed E-state index contributed by atoms with van der Waals surface area (Å²) in [5.41, 5.74) is -1.14. The number of ether oxygens (including phenoxy) is 1. The lowest BCUT2D eigenvalue weighted by atomic mass is 9.97. The molecule has 2 saturated carbocycles. The van der Waals surface area contributed by atoms with Crippen LogP contribution in [-0.2, 0) is 19.2 Å². The summed E-state index contributed by atoms with van der Waals surface area (Å²) in [7, 11) is 1.33. The number of aromatic nitrogens is 1. The number of nitrogens with zero attached hydrogens (tertiary/aromatic N) is 4. The fourth-order valence-electron chi connectivity index (χ4n) is 5.35. The van der Waals surface area contributed by atoms with Gasteiger partial charge in [-0.2, -0.15) is 18.4 Å². The molecule has 11 nitrogen and oxygen atoms in total. The molecule has 3 fully saturated rings. The maximum atomic E-state index is 14.0. The monoisotopic (exact) mass is 562 g/mol. The number of hydrogen-bond donors (Lipinski definition) is 2. The van der Waals surface area contributed by atoms with Crippen LogP contribution in [0.25, 0.3) is 0 Å². The Morgan fingerprint density at radius 1 is 1.27 bits per heavy atom. The van der Waals surface area contributed by atoms with Gasteiger partial charge in [0.1, 0.15) is 18.1 Å². The minimum atomic E-state index is -5.16. The van der Waals surface area contributed by atoms with E-state index >= 15 is 0 Å². The Labute approximate surface area is 228 Å². The first-order valence-corrected chi connectivity index (χ1v) is 13.2. The summed E-state index contributed by atoms with van der Waals surface area (Å²) < 4.78 is 45.0. The maximum absolute atomic E-state index is 14.0. The smallest absolute Gasteiger partial charge is 0.471 e. The van der Waals surface area contributed by atoms with Crippen molar-refractivity contribution in [3.8, 4) is 11.8 Å². The molecule has 1 aromatic rings. The van der Waals surface area contributed by atoms with Gasteiger partial charge in [-0.1, -0.05) is 25.7 Å². The molecule has 1 aromatic heterocycles. The molecule has 2 N–H and O–H groups in total. The Balaban J connectivity index is 1.37. The first kappa shape index (κ1) is 27.7. The second-order valence-electron chi connectivity index (χ2n) is 11.1. The van der Waals surface area contributed by atoms with Crippen LogP contribution in [0.15, 0.2) is 18.5 Å². The third-order valence-electron chi connectivity index (χ3n) is 7.99. The molecule has 4 atom stereocenters. The number of carbonyl (C=O) groups excluding carboxylic acids is 4. The molecule has 214 valence electrons. The molecular formula is C26H29F3N6O5. The molecule has 2 aliphatic heterocycles. The summed E-state index contributed by atoms with van der Waals surface area (Å²) in [6, 6.07) is 0.00608. The highest BCUT2D eigenvalue weighted by atomic mass is 19.4. The van der Waals surface area contributed by atoms with Crippen LogP contribution in [0.1, 0.15) is 44.9 Å². The lowest BCUT2D eigenvalue weighted by Crippen LogP contribution is -2.58. The van der Waals surface area contributed by atoms with Gasteiger partial charge in [-0.25, -0.2) is 0 Å². The normalized spacial score (nSPS) is 25.2. The van der Waals surface area contributed by atoms with Crippen molar-refractivity contribution in [2.24, 2.45) is 11.8 Å². The molecule has 5 rings (SSSR count). The van der Waals surface area contributed by atoms with E-state index in [1.807, 2.05) is 11.4 Å². The molecule has 40 heavy (non-hydrogen) atoms. The van der Waals surface area contributed by atoms with E-state index in [1.165, 1.54) is 24.3 Å². The van der Waals surface area contributed by atoms with Crippen molar-refractivity contribution in [2.45, 2.75) is 74.8 Å². The van der Waals surface area contributed by atoms with E-state index in [2.05, 4.69) is 10.3 Å². The molecule has 4 amide bonds. The number of hydrogen-bond acceptors (Lipinski definition) is 7. The fourth-order valence-corrected chi connectivity index (χ4v) is 5.35. The second kappa shape index (κ2) is 10.3. The van der Waals surface area contributed by atoms with Crippen LogP contribution in [0.2, 0.25) is 0 Å². The number of amides is 4. The van der Waals surface area contributed by atoms with Gasteiger partial charge in [-0.05, 0) is 30.7 Å². The molecule has 0 aromatic carbocycles. The van der Waals surface area contributed by atoms with Crippen molar-refractivity contribution in [3.05, 3.63) is 18.5 Å². The summed E-state index contributed by atoms with van der Waals surface area (Å²) in [4.78, 5) is 58.5. The van der Waals surface area contributed by atoms with Crippen LogP contribution in [0.3, 0.4) is 0 Å². The SMILES string of the molecule is CN(C(=O)[C@H](CC1CC1)NC(=O)C(F)(F)F)[C@@H](CC1CC1)C(=O)N1C[C@@]2(C[C@H]1C#N)Oc1cnccc1NC2=O. The van der Waals surface area contributed by atoms with Gasteiger partial charge in [0, 0.05) is 19.7 Å².